The molecule has 7 heteroatoms. The first-order valence-electron chi connectivity index (χ1n) is 6.17. The van der Waals surface area contributed by atoms with Gasteiger partial charge < -0.3 is 14.8 Å². The van der Waals surface area contributed by atoms with E-state index in [2.05, 4.69) is 10.1 Å². The largest absolute Gasteiger partial charge is 0.468 e. The molecule has 0 aliphatic rings. The van der Waals surface area contributed by atoms with Crippen LogP contribution in [-0.4, -0.2) is 45.1 Å². The molecule has 0 spiro atoms. The van der Waals surface area contributed by atoms with Gasteiger partial charge in [0.1, 0.15) is 5.54 Å². The van der Waals surface area contributed by atoms with Crippen LogP contribution in [0.3, 0.4) is 0 Å². The number of rotatable bonds is 9. The second kappa shape index (κ2) is 8.37. The molecule has 0 bridgehead atoms. The van der Waals surface area contributed by atoms with Gasteiger partial charge in [0, 0.05) is 19.6 Å². The van der Waals surface area contributed by atoms with Gasteiger partial charge in [-0.2, -0.15) is 13.2 Å². The molecule has 0 rings (SSSR count). The summed E-state index contributed by atoms with van der Waals surface area (Å²) < 4.78 is 45.3. The minimum atomic E-state index is -4.13. The lowest BCUT2D eigenvalue weighted by Crippen LogP contribution is -2.48. The highest BCUT2D eigenvalue weighted by Crippen LogP contribution is 2.21. The maximum absolute atomic E-state index is 11.8. The van der Waals surface area contributed by atoms with Crippen LogP contribution in [0.2, 0.25) is 0 Å². The highest BCUT2D eigenvalue weighted by molar-refractivity contribution is 5.80. The van der Waals surface area contributed by atoms with E-state index in [4.69, 9.17) is 4.74 Å². The van der Waals surface area contributed by atoms with Crippen LogP contribution in [-0.2, 0) is 14.3 Å². The van der Waals surface area contributed by atoms with Gasteiger partial charge in [0.15, 0.2) is 0 Å². The molecule has 0 amide bonds. The summed E-state index contributed by atoms with van der Waals surface area (Å²) in [6.07, 6.45) is -3.93. The van der Waals surface area contributed by atoms with Crippen molar-refractivity contribution in [3.8, 4) is 0 Å². The molecule has 0 fully saturated rings. The van der Waals surface area contributed by atoms with E-state index in [9.17, 15) is 18.0 Å². The summed E-state index contributed by atoms with van der Waals surface area (Å²) in [5.74, 6) is -0.368. The fourth-order valence-electron chi connectivity index (χ4n) is 1.56. The summed E-state index contributed by atoms with van der Waals surface area (Å²) in [4.78, 5) is 11.5. The third-order valence-corrected chi connectivity index (χ3v) is 2.90. The van der Waals surface area contributed by atoms with Gasteiger partial charge in [-0.1, -0.05) is 0 Å². The van der Waals surface area contributed by atoms with Crippen molar-refractivity contribution in [1.29, 1.82) is 0 Å². The Morgan fingerprint density at radius 1 is 1.16 bits per heavy atom. The van der Waals surface area contributed by atoms with Crippen LogP contribution in [0.25, 0.3) is 0 Å². The second-order valence-electron chi connectivity index (χ2n) is 4.51. The lowest BCUT2D eigenvalue weighted by Gasteiger charge is -2.25. The van der Waals surface area contributed by atoms with Gasteiger partial charge in [-0.05, 0) is 33.2 Å². The van der Waals surface area contributed by atoms with Gasteiger partial charge in [0.05, 0.1) is 7.11 Å². The van der Waals surface area contributed by atoms with E-state index in [-0.39, 0.29) is 19.0 Å². The summed E-state index contributed by atoms with van der Waals surface area (Å²) >= 11 is 0. The number of esters is 1. The Morgan fingerprint density at radius 2 is 1.68 bits per heavy atom. The average molecular weight is 285 g/mol. The number of hydrogen-bond acceptors (Lipinski definition) is 4. The molecule has 0 aliphatic heterocycles. The van der Waals surface area contributed by atoms with Gasteiger partial charge in [-0.15, -0.1) is 0 Å². The van der Waals surface area contributed by atoms with Gasteiger partial charge in [-0.3, -0.25) is 4.79 Å². The third kappa shape index (κ3) is 8.05. The van der Waals surface area contributed by atoms with Gasteiger partial charge in [0.2, 0.25) is 0 Å². The predicted molar refractivity (Wildman–Crippen MR) is 64.8 cm³/mol. The third-order valence-electron chi connectivity index (χ3n) is 2.90. The second-order valence-corrected chi connectivity index (χ2v) is 4.51. The molecule has 0 aliphatic carbocycles. The van der Waals surface area contributed by atoms with Crippen molar-refractivity contribution in [2.45, 2.75) is 44.3 Å². The molecule has 0 radical (unpaired) electrons. The van der Waals surface area contributed by atoms with Crippen molar-refractivity contribution in [3.05, 3.63) is 0 Å². The maximum Gasteiger partial charge on any atom is 0.389 e. The minimum Gasteiger partial charge on any atom is -0.468 e. The Balaban J connectivity index is 3.71. The Kier molecular flexibility index (Phi) is 8.01. The standard InChI is InChI=1S/C12H22F3NO3/c1-11(16-2,10(17)18-3)6-4-8-19-9-5-7-12(13,14)15/h16H,4-9H2,1-3H3. The zero-order chi connectivity index (χ0) is 14.9. The highest BCUT2D eigenvalue weighted by atomic mass is 19.4. The summed E-state index contributed by atoms with van der Waals surface area (Å²) in [6, 6.07) is 0. The smallest absolute Gasteiger partial charge is 0.389 e. The minimum absolute atomic E-state index is 0.0379. The molecule has 114 valence electrons. The van der Waals surface area contributed by atoms with Crippen molar-refractivity contribution in [2.75, 3.05) is 27.4 Å². The summed E-state index contributed by atoms with van der Waals surface area (Å²) in [7, 11) is 2.96. The van der Waals surface area contributed by atoms with Crippen molar-refractivity contribution in [2.24, 2.45) is 0 Å². The Labute approximate surface area is 111 Å². The summed E-state index contributed by atoms with van der Waals surface area (Å²) in [6.45, 7) is 2.11. The molecule has 1 N–H and O–H groups in total. The molecule has 0 aromatic rings. The first kappa shape index (κ1) is 18.2. The van der Waals surface area contributed by atoms with Crippen molar-refractivity contribution in [3.63, 3.8) is 0 Å². The molecule has 1 unspecified atom stereocenters. The van der Waals surface area contributed by atoms with Gasteiger partial charge >= 0.3 is 12.1 Å². The van der Waals surface area contributed by atoms with Crippen molar-refractivity contribution < 1.29 is 27.4 Å². The molecular formula is C12H22F3NO3. The van der Waals surface area contributed by atoms with E-state index in [1.807, 2.05) is 0 Å². The fourth-order valence-corrected chi connectivity index (χ4v) is 1.56. The van der Waals surface area contributed by atoms with E-state index in [1.54, 1.807) is 14.0 Å². The number of likely N-dealkylation sites (N-methyl/N-ethyl adjacent to an activating group) is 1. The SMILES string of the molecule is CNC(C)(CCCOCCCC(F)(F)F)C(=O)OC. The zero-order valence-electron chi connectivity index (χ0n) is 11.6. The predicted octanol–water partition coefficient (Wildman–Crippen LogP) is 2.28. The van der Waals surface area contributed by atoms with E-state index in [0.29, 0.717) is 19.4 Å². The van der Waals surface area contributed by atoms with Crippen LogP contribution >= 0.6 is 0 Å². The summed E-state index contributed by atoms with van der Waals surface area (Å²) in [5, 5.41) is 2.87. The topological polar surface area (TPSA) is 47.6 Å². The van der Waals surface area contributed by atoms with Crippen LogP contribution < -0.4 is 5.32 Å². The highest BCUT2D eigenvalue weighted by Gasteiger charge is 2.31. The van der Waals surface area contributed by atoms with Crippen LogP contribution in [0.5, 0.6) is 0 Å². The Morgan fingerprint density at radius 3 is 2.11 bits per heavy atom. The fraction of sp³-hybridized carbons (Fsp3) is 0.917. The first-order chi connectivity index (χ1) is 8.75. The molecular weight excluding hydrogens is 263 g/mol. The molecule has 0 aromatic heterocycles. The lowest BCUT2D eigenvalue weighted by atomic mass is 9.96. The van der Waals surface area contributed by atoms with Crippen LogP contribution in [0.1, 0.15) is 32.6 Å². The quantitative estimate of drug-likeness (QED) is 0.521. The number of carbonyl (C=O) groups excluding carboxylic acids is 1. The van der Waals surface area contributed by atoms with E-state index < -0.39 is 18.1 Å². The van der Waals surface area contributed by atoms with Gasteiger partial charge in [-0.25, -0.2) is 0 Å². The number of hydrogen-bond donors (Lipinski definition) is 1. The molecule has 0 saturated heterocycles. The van der Waals surface area contributed by atoms with Crippen LogP contribution in [0.4, 0.5) is 13.2 Å². The number of nitrogens with one attached hydrogen (secondary N) is 1. The molecule has 0 aromatic carbocycles. The number of ether oxygens (including phenoxy) is 2. The van der Waals surface area contributed by atoms with Crippen molar-refractivity contribution in [1.82, 2.24) is 5.32 Å². The van der Waals surface area contributed by atoms with Crippen molar-refractivity contribution >= 4 is 5.97 Å². The van der Waals surface area contributed by atoms with Crippen LogP contribution in [0, 0.1) is 0 Å². The zero-order valence-corrected chi connectivity index (χ0v) is 11.6. The van der Waals surface area contributed by atoms with E-state index in [0.717, 1.165) is 0 Å². The molecule has 4 nitrogen and oxygen atoms in total. The maximum atomic E-state index is 11.8. The van der Waals surface area contributed by atoms with E-state index >= 15 is 0 Å². The monoisotopic (exact) mass is 285 g/mol. The molecule has 0 heterocycles. The average Bonchev–Trinajstić information content (AvgIpc) is 2.34. The molecule has 19 heavy (non-hydrogen) atoms. The van der Waals surface area contributed by atoms with Crippen LogP contribution in [0.15, 0.2) is 0 Å². The first-order valence-corrected chi connectivity index (χ1v) is 6.17. The molecule has 1 atom stereocenters. The molecule has 0 saturated carbocycles. The Hall–Kier alpha value is -0.820. The Bertz CT molecular complexity index is 271. The number of alkyl halides is 3. The van der Waals surface area contributed by atoms with E-state index in [1.165, 1.54) is 7.11 Å². The lowest BCUT2D eigenvalue weighted by molar-refractivity contribution is -0.148. The number of carbonyl (C=O) groups is 1. The number of halogens is 3. The van der Waals surface area contributed by atoms with Gasteiger partial charge in [0.25, 0.3) is 0 Å². The normalized spacial score (nSPS) is 15.1. The summed E-state index contributed by atoms with van der Waals surface area (Å²) in [5.41, 5.74) is -0.788. The number of methoxy groups -OCH3 is 1.